The first-order valence-corrected chi connectivity index (χ1v) is 19.1. The van der Waals surface area contributed by atoms with E-state index in [1.807, 2.05) is 54.6 Å². The van der Waals surface area contributed by atoms with E-state index in [4.69, 9.17) is 8.84 Å². The number of fused-ring (bicyclic) bond motifs is 1. The molecule has 3 amide bonds. The fourth-order valence-electron chi connectivity index (χ4n) is 7.00. The van der Waals surface area contributed by atoms with Crippen molar-refractivity contribution in [1.29, 1.82) is 0 Å². The highest BCUT2D eigenvalue weighted by molar-refractivity contribution is 6.99. The monoisotopic (exact) mass is 717 g/mol. The number of rotatable bonds is 12. The Morgan fingerprint density at radius 3 is 2.06 bits per heavy atom. The van der Waals surface area contributed by atoms with Gasteiger partial charge in [-0.2, -0.15) is 0 Å². The zero-order valence-electron chi connectivity index (χ0n) is 29.9. The molecule has 2 atom stereocenters. The first kappa shape index (κ1) is 36.4. The van der Waals surface area contributed by atoms with Gasteiger partial charge in [0.05, 0.1) is 13.2 Å². The van der Waals surface area contributed by atoms with Crippen LogP contribution in [0, 0.1) is 6.92 Å². The standard InChI is InChI=1S/C40H43N5O6Si/c1-26(47)41-29-21-19-28(20-22-29)32-17-12-18-33-34(32)23-45(39(33)49)36(24-46)37(48)42-35(38-44-43-27(2)51-38)25-50-52(40(3,4)5,30-13-8-6-9-14-30)31-15-10-7-11-16-31/h6-22,35-36,46H,23-25H2,1-5H3,(H,41,47)(H,42,48). The molecular weight excluding hydrogens is 675 g/mol. The summed E-state index contributed by atoms with van der Waals surface area (Å²) in [5, 5.41) is 26.4. The smallest absolute Gasteiger partial charge is 0.261 e. The molecule has 1 aliphatic rings. The van der Waals surface area contributed by atoms with Gasteiger partial charge in [0.1, 0.15) is 12.1 Å². The van der Waals surface area contributed by atoms with Crippen LogP contribution in [-0.2, 0) is 20.6 Å². The zero-order chi connectivity index (χ0) is 37.0. The molecule has 5 aromatic rings. The number of hydrogen-bond donors (Lipinski definition) is 3. The van der Waals surface area contributed by atoms with Gasteiger partial charge in [-0.25, -0.2) is 0 Å². The topological polar surface area (TPSA) is 147 Å². The van der Waals surface area contributed by atoms with Gasteiger partial charge in [-0.15, -0.1) is 10.2 Å². The molecule has 52 heavy (non-hydrogen) atoms. The number of carbonyl (C=O) groups excluding carboxylic acids is 3. The molecule has 0 radical (unpaired) electrons. The summed E-state index contributed by atoms with van der Waals surface area (Å²) in [7, 11) is -3.03. The van der Waals surface area contributed by atoms with Crippen LogP contribution in [0.4, 0.5) is 5.69 Å². The number of hydrogen-bond acceptors (Lipinski definition) is 8. The van der Waals surface area contributed by atoms with Crippen molar-refractivity contribution in [2.24, 2.45) is 0 Å². The van der Waals surface area contributed by atoms with E-state index in [-0.39, 0.29) is 35.9 Å². The van der Waals surface area contributed by atoms with E-state index >= 15 is 0 Å². The van der Waals surface area contributed by atoms with E-state index in [0.29, 0.717) is 17.1 Å². The Balaban J connectivity index is 1.28. The molecule has 0 aliphatic carbocycles. The summed E-state index contributed by atoms with van der Waals surface area (Å²) in [5.74, 6) is -0.650. The number of nitrogens with one attached hydrogen (secondary N) is 2. The predicted octanol–water partition coefficient (Wildman–Crippen LogP) is 4.75. The molecule has 2 unspecified atom stereocenters. The normalized spacial score (nSPS) is 14.1. The van der Waals surface area contributed by atoms with Crippen LogP contribution in [0.25, 0.3) is 11.1 Å². The molecule has 0 fully saturated rings. The molecule has 0 saturated carbocycles. The number of amides is 3. The van der Waals surface area contributed by atoms with Gasteiger partial charge in [0.15, 0.2) is 0 Å². The third-order valence-electron chi connectivity index (χ3n) is 9.40. The van der Waals surface area contributed by atoms with Crippen molar-refractivity contribution in [2.45, 2.75) is 58.3 Å². The first-order chi connectivity index (χ1) is 24.9. The van der Waals surface area contributed by atoms with Crippen LogP contribution >= 0.6 is 0 Å². The highest BCUT2D eigenvalue weighted by Crippen LogP contribution is 2.38. The molecule has 3 N–H and O–H groups in total. The number of aryl methyl sites for hydroxylation is 1. The molecular formula is C40H43N5O6Si. The molecule has 6 rings (SSSR count). The minimum Gasteiger partial charge on any atom is -0.423 e. The van der Waals surface area contributed by atoms with Crippen molar-refractivity contribution in [3.63, 3.8) is 0 Å². The number of carbonyl (C=O) groups is 3. The van der Waals surface area contributed by atoms with Crippen LogP contribution in [0.5, 0.6) is 0 Å². The molecule has 268 valence electrons. The highest BCUT2D eigenvalue weighted by atomic mass is 28.4. The van der Waals surface area contributed by atoms with E-state index in [1.54, 1.807) is 31.2 Å². The van der Waals surface area contributed by atoms with Gasteiger partial charge < -0.3 is 29.5 Å². The highest BCUT2D eigenvalue weighted by Gasteiger charge is 2.51. The van der Waals surface area contributed by atoms with Crippen LogP contribution in [0.15, 0.2) is 108 Å². The van der Waals surface area contributed by atoms with Gasteiger partial charge in [-0.3, -0.25) is 14.4 Å². The average molecular weight is 718 g/mol. The minimum atomic E-state index is -3.03. The first-order valence-electron chi connectivity index (χ1n) is 17.2. The van der Waals surface area contributed by atoms with Crippen LogP contribution in [0.3, 0.4) is 0 Å². The number of aromatic nitrogens is 2. The lowest BCUT2D eigenvalue weighted by Crippen LogP contribution is -2.67. The van der Waals surface area contributed by atoms with Crippen molar-refractivity contribution >= 4 is 42.1 Å². The number of aliphatic hydroxyl groups is 1. The van der Waals surface area contributed by atoms with Crippen molar-refractivity contribution in [1.82, 2.24) is 20.4 Å². The van der Waals surface area contributed by atoms with Gasteiger partial charge in [0, 0.05) is 31.6 Å². The summed E-state index contributed by atoms with van der Waals surface area (Å²) in [6, 6.07) is 30.9. The number of aliphatic hydroxyl groups excluding tert-OH is 1. The third-order valence-corrected chi connectivity index (χ3v) is 14.4. The van der Waals surface area contributed by atoms with Crippen molar-refractivity contribution in [3.8, 4) is 11.1 Å². The lowest BCUT2D eigenvalue weighted by molar-refractivity contribution is -0.128. The van der Waals surface area contributed by atoms with Gasteiger partial charge in [0.2, 0.25) is 23.6 Å². The molecule has 2 heterocycles. The maximum absolute atomic E-state index is 14.2. The molecule has 0 bridgehead atoms. The fraction of sp³-hybridized carbons (Fsp3) is 0.275. The summed E-state index contributed by atoms with van der Waals surface area (Å²) in [6.07, 6.45) is 0. The summed E-state index contributed by atoms with van der Waals surface area (Å²) >= 11 is 0. The van der Waals surface area contributed by atoms with E-state index in [9.17, 15) is 19.5 Å². The van der Waals surface area contributed by atoms with Crippen LogP contribution in [0.2, 0.25) is 5.04 Å². The SMILES string of the molecule is CC(=O)Nc1ccc(-c2cccc3c2CN(C(CO)C(=O)NC(CO[Si](c2ccccc2)(c2ccccc2)C(C)(C)C)c2nnc(C)o2)C3=O)cc1. The average Bonchev–Trinajstić information content (AvgIpc) is 3.71. The molecule has 1 aromatic heterocycles. The lowest BCUT2D eigenvalue weighted by Gasteiger charge is -2.43. The zero-order valence-corrected chi connectivity index (χ0v) is 30.9. The number of anilines is 1. The van der Waals surface area contributed by atoms with Gasteiger partial charge in [0.25, 0.3) is 14.2 Å². The van der Waals surface area contributed by atoms with Crippen LogP contribution in [0.1, 0.15) is 61.4 Å². The molecule has 11 nitrogen and oxygen atoms in total. The maximum atomic E-state index is 14.2. The van der Waals surface area contributed by atoms with Crippen molar-refractivity contribution in [2.75, 3.05) is 18.5 Å². The second-order valence-corrected chi connectivity index (χ2v) is 18.2. The second kappa shape index (κ2) is 15.0. The maximum Gasteiger partial charge on any atom is 0.261 e. The summed E-state index contributed by atoms with van der Waals surface area (Å²) in [4.78, 5) is 40.9. The van der Waals surface area contributed by atoms with E-state index in [2.05, 4.69) is 65.9 Å². The Labute approximate surface area is 304 Å². The lowest BCUT2D eigenvalue weighted by atomic mass is 9.97. The molecule has 0 spiro atoms. The predicted molar refractivity (Wildman–Crippen MR) is 200 cm³/mol. The van der Waals surface area contributed by atoms with Crippen molar-refractivity contribution in [3.05, 3.63) is 126 Å². The van der Waals surface area contributed by atoms with E-state index < -0.39 is 32.9 Å². The summed E-state index contributed by atoms with van der Waals surface area (Å²) in [5.41, 5.74) is 3.51. The summed E-state index contributed by atoms with van der Waals surface area (Å²) in [6.45, 7) is 9.08. The van der Waals surface area contributed by atoms with Crippen molar-refractivity contribution < 1.29 is 28.3 Å². The molecule has 1 aliphatic heterocycles. The quantitative estimate of drug-likeness (QED) is 0.157. The Bertz CT molecular complexity index is 2010. The summed E-state index contributed by atoms with van der Waals surface area (Å²) < 4.78 is 13.0. The molecule has 4 aromatic carbocycles. The van der Waals surface area contributed by atoms with Gasteiger partial charge >= 0.3 is 0 Å². The van der Waals surface area contributed by atoms with E-state index in [1.165, 1.54) is 11.8 Å². The van der Waals surface area contributed by atoms with Gasteiger partial charge in [-0.1, -0.05) is 106 Å². The fourth-order valence-corrected chi connectivity index (χ4v) is 11.6. The van der Waals surface area contributed by atoms with Crippen LogP contribution < -0.4 is 21.0 Å². The Morgan fingerprint density at radius 1 is 0.904 bits per heavy atom. The second-order valence-electron chi connectivity index (χ2n) is 13.9. The molecule has 12 heteroatoms. The van der Waals surface area contributed by atoms with Gasteiger partial charge in [-0.05, 0) is 50.3 Å². The number of nitrogens with zero attached hydrogens (tertiary/aromatic N) is 3. The number of benzene rings is 4. The molecule has 0 saturated heterocycles. The Kier molecular flexibility index (Phi) is 10.5. The van der Waals surface area contributed by atoms with Crippen LogP contribution in [-0.4, -0.2) is 65.5 Å². The van der Waals surface area contributed by atoms with E-state index in [0.717, 1.165) is 27.1 Å². The Hall–Kier alpha value is -5.43. The largest absolute Gasteiger partial charge is 0.423 e. The Morgan fingerprint density at radius 2 is 1.52 bits per heavy atom. The minimum absolute atomic E-state index is 0.00833. The third kappa shape index (κ3) is 7.18.